The van der Waals surface area contributed by atoms with Gasteiger partial charge in [-0.25, -0.2) is 15.0 Å². The van der Waals surface area contributed by atoms with Gasteiger partial charge in [0, 0.05) is 49.0 Å². The van der Waals surface area contributed by atoms with Crippen LogP contribution in [0.2, 0.25) is 0 Å². The van der Waals surface area contributed by atoms with Gasteiger partial charge in [0.15, 0.2) is 5.82 Å². The molecule has 0 amide bonds. The maximum Gasteiger partial charge on any atom is 0.160 e. The third kappa shape index (κ3) is 3.74. The fraction of sp³-hybridized carbons (Fsp3) is 0. The number of hydrogen-bond donors (Lipinski definition) is 0. The Hall–Kier alpha value is -5.87. The van der Waals surface area contributed by atoms with Crippen LogP contribution in [0.1, 0.15) is 0 Å². The monoisotopic (exact) mass is 549 g/mol. The zero-order chi connectivity index (χ0) is 28.3. The summed E-state index contributed by atoms with van der Waals surface area (Å²) in [5.74, 6) is 0.699. The molecule has 200 valence electrons. The lowest BCUT2D eigenvalue weighted by atomic mass is 9.97. The van der Waals surface area contributed by atoms with Crippen LogP contribution in [0.25, 0.3) is 88.4 Å². The third-order valence-corrected chi connectivity index (χ3v) is 8.27. The van der Waals surface area contributed by atoms with E-state index in [1.54, 1.807) is 0 Å². The Morgan fingerprint density at radius 3 is 1.77 bits per heavy atom. The summed E-state index contributed by atoms with van der Waals surface area (Å²) >= 11 is 0. The molecular weight excluding hydrogens is 526 g/mol. The number of rotatable bonds is 3. The number of benzene rings is 6. The summed E-state index contributed by atoms with van der Waals surface area (Å²) in [7, 11) is 0. The molecule has 6 aromatic carbocycles. The Balaban J connectivity index is 1.23. The largest absolute Gasteiger partial charge is 0.455 e. The molecule has 9 aromatic rings. The molecule has 0 atom stereocenters. The normalized spacial score (nSPS) is 11.7. The van der Waals surface area contributed by atoms with Gasteiger partial charge in [-0.2, -0.15) is 0 Å². The topological polar surface area (TPSA) is 51.8 Å². The second-order valence-electron chi connectivity index (χ2n) is 10.8. The van der Waals surface area contributed by atoms with Crippen LogP contribution in [-0.2, 0) is 0 Å². The van der Waals surface area contributed by atoms with Crippen LogP contribution < -0.4 is 0 Å². The predicted molar refractivity (Wildman–Crippen MR) is 176 cm³/mol. The number of fused-ring (bicyclic) bond motifs is 8. The highest BCUT2D eigenvalue weighted by atomic mass is 16.3. The molecule has 0 saturated heterocycles. The summed E-state index contributed by atoms with van der Waals surface area (Å²) < 4.78 is 6.48. The van der Waals surface area contributed by atoms with Gasteiger partial charge in [0.05, 0.1) is 22.4 Å². The van der Waals surface area contributed by atoms with Crippen molar-refractivity contribution in [3.63, 3.8) is 0 Å². The fourth-order valence-electron chi connectivity index (χ4n) is 6.24. The second-order valence-corrected chi connectivity index (χ2v) is 10.8. The third-order valence-electron chi connectivity index (χ3n) is 8.27. The molecule has 0 N–H and O–H groups in total. The van der Waals surface area contributed by atoms with E-state index in [1.807, 2.05) is 54.6 Å². The first-order valence-electron chi connectivity index (χ1n) is 14.4. The Kier molecular flexibility index (Phi) is 5.16. The van der Waals surface area contributed by atoms with Gasteiger partial charge in [-0.05, 0) is 24.3 Å². The van der Waals surface area contributed by atoms with E-state index in [1.165, 1.54) is 0 Å². The molecule has 0 fully saturated rings. The SMILES string of the molecule is c1ccc(-c2nc(-c3ccc(-c4nc5ccccc5c5c4ccc4c6ccccc6oc45)cc3)nc3ccccc23)cc1. The van der Waals surface area contributed by atoms with Gasteiger partial charge in [0.25, 0.3) is 0 Å². The van der Waals surface area contributed by atoms with Crippen LogP contribution in [0.15, 0.2) is 144 Å². The molecule has 0 spiro atoms. The Morgan fingerprint density at radius 1 is 0.372 bits per heavy atom. The van der Waals surface area contributed by atoms with Crippen molar-refractivity contribution in [2.75, 3.05) is 0 Å². The average molecular weight is 550 g/mol. The lowest BCUT2D eigenvalue weighted by molar-refractivity contribution is 0.673. The summed E-state index contributed by atoms with van der Waals surface area (Å²) in [4.78, 5) is 15.1. The van der Waals surface area contributed by atoms with Crippen LogP contribution in [0.4, 0.5) is 0 Å². The maximum atomic E-state index is 6.48. The van der Waals surface area contributed by atoms with Gasteiger partial charge in [0.2, 0.25) is 0 Å². The van der Waals surface area contributed by atoms with Gasteiger partial charge < -0.3 is 4.42 Å². The zero-order valence-electron chi connectivity index (χ0n) is 23.0. The van der Waals surface area contributed by atoms with Gasteiger partial charge in [-0.3, -0.25) is 0 Å². The average Bonchev–Trinajstić information content (AvgIpc) is 3.47. The number of pyridine rings is 1. The van der Waals surface area contributed by atoms with Crippen molar-refractivity contribution in [3.05, 3.63) is 140 Å². The second kappa shape index (κ2) is 9.33. The molecule has 43 heavy (non-hydrogen) atoms. The van der Waals surface area contributed by atoms with Crippen molar-refractivity contribution in [2.45, 2.75) is 0 Å². The molecule has 9 rings (SSSR count). The number of hydrogen-bond acceptors (Lipinski definition) is 4. The van der Waals surface area contributed by atoms with Crippen molar-refractivity contribution in [2.24, 2.45) is 0 Å². The van der Waals surface area contributed by atoms with E-state index in [2.05, 4.69) is 84.9 Å². The Labute approximate surface area is 246 Å². The molecule has 4 heteroatoms. The maximum absolute atomic E-state index is 6.48. The first-order valence-corrected chi connectivity index (χ1v) is 14.4. The highest BCUT2D eigenvalue weighted by Gasteiger charge is 2.18. The van der Waals surface area contributed by atoms with Crippen LogP contribution in [0, 0.1) is 0 Å². The number of para-hydroxylation sites is 3. The van der Waals surface area contributed by atoms with E-state index in [0.29, 0.717) is 5.82 Å². The number of nitrogens with zero attached hydrogens (tertiary/aromatic N) is 3. The lowest BCUT2D eigenvalue weighted by Gasteiger charge is -2.12. The first-order chi connectivity index (χ1) is 21.3. The molecular formula is C39H23N3O. The molecule has 0 radical (unpaired) electrons. The van der Waals surface area contributed by atoms with E-state index in [-0.39, 0.29) is 0 Å². The smallest absolute Gasteiger partial charge is 0.160 e. The van der Waals surface area contributed by atoms with Crippen LogP contribution in [0.5, 0.6) is 0 Å². The minimum absolute atomic E-state index is 0.699. The van der Waals surface area contributed by atoms with E-state index >= 15 is 0 Å². The summed E-state index contributed by atoms with van der Waals surface area (Å²) in [6, 6.07) is 47.8. The minimum Gasteiger partial charge on any atom is -0.455 e. The van der Waals surface area contributed by atoms with Crippen LogP contribution in [-0.4, -0.2) is 15.0 Å². The van der Waals surface area contributed by atoms with Crippen molar-refractivity contribution >= 4 is 54.5 Å². The predicted octanol–water partition coefficient (Wildman–Crippen LogP) is 10.2. The first kappa shape index (κ1) is 23.8. The Morgan fingerprint density at radius 2 is 0.953 bits per heavy atom. The zero-order valence-corrected chi connectivity index (χ0v) is 23.0. The summed E-state index contributed by atoms with van der Waals surface area (Å²) in [6.45, 7) is 0. The molecule has 0 aliphatic heterocycles. The standard InChI is InChI=1S/C39H23N3O/c1-2-10-24(11-3-1)36-30-14-5-8-16-33(30)41-39(42-36)26-20-18-25(19-21-26)37-31-23-22-28-27-12-6-9-17-34(27)43-38(28)35(31)29-13-4-7-15-32(29)40-37/h1-23H. The fourth-order valence-corrected chi connectivity index (χ4v) is 6.24. The molecule has 0 bridgehead atoms. The molecule has 3 heterocycles. The highest BCUT2D eigenvalue weighted by molar-refractivity contribution is 6.24. The number of aromatic nitrogens is 3. The summed E-state index contributed by atoms with van der Waals surface area (Å²) in [5, 5.41) is 6.51. The van der Waals surface area contributed by atoms with Crippen LogP contribution >= 0.6 is 0 Å². The van der Waals surface area contributed by atoms with E-state index in [9.17, 15) is 0 Å². The Bertz CT molecular complexity index is 2500. The van der Waals surface area contributed by atoms with E-state index in [4.69, 9.17) is 19.4 Å². The van der Waals surface area contributed by atoms with Crippen molar-refractivity contribution in [3.8, 4) is 33.9 Å². The van der Waals surface area contributed by atoms with Gasteiger partial charge in [-0.15, -0.1) is 0 Å². The quantitative estimate of drug-likeness (QED) is 0.206. The van der Waals surface area contributed by atoms with E-state index < -0.39 is 0 Å². The molecule has 4 nitrogen and oxygen atoms in total. The summed E-state index contributed by atoms with van der Waals surface area (Å²) in [6.07, 6.45) is 0. The lowest BCUT2D eigenvalue weighted by Crippen LogP contribution is -1.95. The minimum atomic E-state index is 0.699. The molecule has 0 unspecified atom stereocenters. The van der Waals surface area contributed by atoms with Crippen molar-refractivity contribution < 1.29 is 4.42 Å². The van der Waals surface area contributed by atoms with Crippen molar-refractivity contribution in [1.29, 1.82) is 0 Å². The number of furan rings is 1. The highest BCUT2D eigenvalue weighted by Crippen LogP contribution is 2.40. The summed E-state index contributed by atoms with van der Waals surface area (Å²) in [5.41, 5.74) is 8.56. The van der Waals surface area contributed by atoms with Gasteiger partial charge >= 0.3 is 0 Å². The molecule has 0 saturated carbocycles. The van der Waals surface area contributed by atoms with Crippen molar-refractivity contribution in [1.82, 2.24) is 15.0 Å². The van der Waals surface area contributed by atoms with Crippen LogP contribution in [0.3, 0.4) is 0 Å². The molecule has 0 aliphatic rings. The van der Waals surface area contributed by atoms with Gasteiger partial charge in [0.1, 0.15) is 11.2 Å². The molecule has 3 aromatic heterocycles. The van der Waals surface area contributed by atoms with Gasteiger partial charge in [-0.1, -0.05) is 115 Å². The van der Waals surface area contributed by atoms with E-state index in [0.717, 1.165) is 82.6 Å². The molecule has 0 aliphatic carbocycles.